The molecule has 3 aromatic rings. The van der Waals surface area contributed by atoms with Gasteiger partial charge in [0.05, 0.1) is 12.7 Å². The van der Waals surface area contributed by atoms with E-state index >= 15 is 0 Å². The Morgan fingerprint density at radius 3 is 2.55 bits per heavy atom. The Morgan fingerprint density at radius 2 is 1.86 bits per heavy atom. The van der Waals surface area contributed by atoms with Crippen LogP contribution in [0.3, 0.4) is 0 Å². The van der Waals surface area contributed by atoms with Gasteiger partial charge >= 0.3 is 5.97 Å². The minimum Gasteiger partial charge on any atom is -0.497 e. The van der Waals surface area contributed by atoms with Crippen molar-refractivity contribution in [3.63, 3.8) is 0 Å². The number of carboxylic acids is 1. The van der Waals surface area contributed by atoms with E-state index in [1.165, 1.54) is 0 Å². The van der Waals surface area contributed by atoms with Crippen LogP contribution in [0.15, 0.2) is 48.7 Å². The monoisotopic (exact) mass is 297 g/mol. The fraction of sp³-hybridized carbons (Fsp3) is 0.118. The number of methoxy groups -OCH3 is 1. The van der Waals surface area contributed by atoms with Crippen molar-refractivity contribution in [2.75, 3.05) is 7.11 Å². The van der Waals surface area contributed by atoms with Crippen molar-refractivity contribution < 1.29 is 19.4 Å². The Bertz CT molecular complexity index is 805. The molecule has 5 heteroatoms. The van der Waals surface area contributed by atoms with E-state index in [1.54, 1.807) is 25.4 Å². The fourth-order valence-electron chi connectivity index (χ4n) is 2.38. The topological polar surface area (TPSA) is 71.5 Å². The van der Waals surface area contributed by atoms with Gasteiger partial charge in [-0.15, -0.1) is 0 Å². The predicted octanol–water partition coefficient (Wildman–Crippen LogP) is 3.45. The van der Waals surface area contributed by atoms with E-state index in [0.29, 0.717) is 11.1 Å². The average Bonchev–Trinajstić information content (AvgIpc) is 2.96. The summed E-state index contributed by atoms with van der Waals surface area (Å²) in [5, 5.41) is 9.98. The number of rotatable bonds is 5. The Balaban J connectivity index is 1.86. The first kappa shape index (κ1) is 14.0. The largest absolute Gasteiger partial charge is 0.497 e. The Kier molecular flexibility index (Phi) is 3.70. The molecule has 3 rings (SSSR count). The van der Waals surface area contributed by atoms with Crippen LogP contribution in [0.5, 0.6) is 11.5 Å². The van der Waals surface area contributed by atoms with Gasteiger partial charge in [-0.05, 0) is 36.4 Å². The van der Waals surface area contributed by atoms with E-state index in [1.807, 2.05) is 30.3 Å². The lowest BCUT2D eigenvalue weighted by atomic mass is 10.1. The molecule has 112 valence electrons. The third-order valence-corrected chi connectivity index (χ3v) is 3.47. The first-order valence-electron chi connectivity index (χ1n) is 6.78. The van der Waals surface area contributed by atoms with Crippen molar-refractivity contribution in [3.05, 3.63) is 59.8 Å². The Morgan fingerprint density at radius 1 is 1.14 bits per heavy atom. The summed E-state index contributed by atoms with van der Waals surface area (Å²) in [6, 6.07) is 12.4. The van der Waals surface area contributed by atoms with Crippen LogP contribution in [0.2, 0.25) is 0 Å². The first-order valence-corrected chi connectivity index (χ1v) is 6.78. The number of hydrogen-bond acceptors (Lipinski definition) is 3. The molecule has 1 aromatic heterocycles. The van der Waals surface area contributed by atoms with Gasteiger partial charge in [-0.1, -0.05) is 6.07 Å². The third kappa shape index (κ3) is 2.61. The van der Waals surface area contributed by atoms with Crippen LogP contribution in [-0.4, -0.2) is 23.2 Å². The van der Waals surface area contributed by atoms with Crippen LogP contribution in [0.4, 0.5) is 0 Å². The maximum atomic E-state index is 11.3. The smallest absolute Gasteiger partial charge is 0.336 e. The van der Waals surface area contributed by atoms with Gasteiger partial charge in [0, 0.05) is 22.7 Å². The summed E-state index contributed by atoms with van der Waals surface area (Å²) < 4.78 is 10.8. The second kappa shape index (κ2) is 5.81. The van der Waals surface area contributed by atoms with Crippen LogP contribution < -0.4 is 9.47 Å². The van der Waals surface area contributed by atoms with Crippen molar-refractivity contribution in [3.8, 4) is 11.5 Å². The van der Waals surface area contributed by atoms with Crippen molar-refractivity contribution in [1.29, 1.82) is 0 Å². The zero-order valence-electron chi connectivity index (χ0n) is 12.0. The minimum absolute atomic E-state index is 0.270. The molecule has 0 spiro atoms. The fourth-order valence-corrected chi connectivity index (χ4v) is 2.38. The van der Waals surface area contributed by atoms with E-state index < -0.39 is 5.97 Å². The van der Waals surface area contributed by atoms with Gasteiger partial charge in [-0.25, -0.2) is 4.79 Å². The molecule has 0 aliphatic rings. The molecule has 1 heterocycles. The van der Waals surface area contributed by atoms with Gasteiger partial charge < -0.3 is 19.6 Å². The van der Waals surface area contributed by atoms with Crippen molar-refractivity contribution >= 4 is 16.9 Å². The normalized spacial score (nSPS) is 10.6. The van der Waals surface area contributed by atoms with E-state index in [-0.39, 0.29) is 12.2 Å². The molecule has 0 saturated carbocycles. The molecular formula is C17H15NO4. The molecule has 0 radical (unpaired) electrons. The zero-order chi connectivity index (χ0) is 15.5. The van der Waals surface area contributed by atoms with Crippen LogP contribution in [-0.2, 0) is 6.61 Å². The average molecular weight is 297 g/mol. The predicted molar refractivity (Wildman–Crippen MR) is 82.6 cm³/mol. The molecular weight excluding hydrogens is 282 g/mol. The summed E-state index contributed by atoms with van der Waals surface area (Å²) in [4.78, 5) is 14.4. The number of H-pyrrole nitrogens is 1. The van der Waals surface area contributed by atoms with Gasteiger partial charge in [-0.3, -0.25) is 0 Å². The molecule has 0 fully saturated rings. The molecule has 2 aromatic carbocycles. The third-order valence-electron chi connectivity index (χ3n) is 3.47. The molecule has 0 aliphatic carbocycles. The van der Waals surface area contributed by atoms with Gasteiger partial charge in [0.25, 0.3) is 0 Å². The standard InChI is InChI=1S/C17H15NO4/c1-21-12-5-7-13(8-6-12)22-10-11-9-18-15-4-2-3-14(16(11)15)17(19)20/h2-9,18H,10H2,1H3,(H,19,20). The summed E-state index contributed by atoms with van der Waals surface area (Å²) >= 11 is 0. The van der Waals surface area contributed by atoms with Crippen LogP contribution in [0.1, 0.15) is 15.9 Å². The van der Waals surface area contributed by atoms with Crippen LogP contribution in [0, 0.1) is 0 Å². The highest BCUT2D eigenvalue weighted by Gasteiger charge is 2.13. The molecule has 0 saturated heterocycles. The summed E-state index contributed by atoms with van der Waals surface area (Å²) in [5.74, 6) is 0.506. The Hall–Kier alpha value is -2.95. The highest BCUT2D eigenvalue weighted by molar-refractivity contribution is 6.04. The summed E-state index contributed by atoms with van der Waals surface area (Å²) in [6.45, 7) is 0.288. The molecule has 0 amide bonds. The second-order valence-electron chi connectivity index (χ2n) is 4.81. The number of aromatic nitrogens is 1. The number of ether oxygens (including phenoxy) is 2. The lowest BCUT2D eigenvalue weighted by Crippen LogP contribution is -2.00. The lowest BCUT2D eigenvalue weighted by Gasteiger charge is -2.07. The van der Waals surface area contributed by atoms with Gasteiger partial charge in [0.1, 0.15) is 18.1 Å². The number of aromatic amines is 1. The van der Waals surface area contributed by atoms with Gasteiger partial charge in [0.15, 0.2) is 0 Å². The van der Waals surface area contributed by atoms with E-state index in [0.717, 1.165) is 16.8 Å². The van der Waals surface area contributed by atoms with E-state index in [4.69, 9.17) is 9.47 Å². The number of aromatic carboxylic acids is 1. The summed E-state index contributed by atoms with van der Waals surface area (Å²) in [5.41, 5.74) is 1.86. The number of carbonyl (C=O) groups is 1. The second-order valence-corrected chi connectivity index (χ2v) is 4.81. The highest BCUT2D eigenvalue weighted by atomic mass is 16.5. The maximum absolute atomic E-state index is 11.3. The van der Waals surface area contributed by atoms with Gasteiger partial charge in [0.2, 0.25) is 0 Å². The van der Waals surface area contributed by atoms with E-state index in [2.05, 4.69) is 4.98 Å². The number of benzene rings is 2. The first-order chi connectivity index (χ1) is 10.7. The molecule has 5 nitrogen and oxygen atoms in total. The maximum Gasteiger partial charge on any atom is 0.336 e. The summed E-state index contributed by atoms with van der Waals surface area (Å²) in [6.07, 6.45) is 1.78. The number of hydrogen-bond donors (Lipinski definition) is 2. The van der Waals surface area contributed by atoms with Crippen LogP contribution >= 0.6 is 0 Å². The lowest BCUT2D eigenvalue weighted by molar-refractivity contribution is 0.0699. The zero-order valence-corrected chi connectivity index (χ0v) is 12.0. The summed E-state index contributed by atoms with van der Waals surface area (Å²) in [7, 11) is 1.61. The SMILES string of the molecule is COc1ccc(OCc2c[nH]c3cccc(C(=O)O)c23)cc1. The highest BCUT2D eigenvalue weighted by Crippen LogP contribution is 2.25. The molecule has 0 atom stereocenters. The number of fused-ring (bicyclic) bond motifs is 1. The van der Waals surface area contributed by atoms with Gasteiger partial charge in [-0.2, -0.15) is 0 Å². The number of nitrogens with one attached hydrogen (secondary N) is 1. The molecule has 0 unspecified atom stereocenters. The van der Waals surface area contributed by atoms with Crippen molar-refractivity contribution in [2.45, 2.75) is 6.61 Å². The van der Waals surface area contributed by atoms with E-state index in [9.17, 15) is 9.90 Å². The number of carboxylic acid groups (broad SMARTS) is 1. The molecule has 22 heavy (non-hydrogen) atoms. The van der Waals surface area contributed by atoms with Crippen LogP contribution in [0.25, 0.3) is 10.9 Å². The van der Waals surface area contributed by atoms with Crippen molar-refractivity contribution in [1.82, 2.24) is 4.98 Å². The molecule has 0 aliphatic heterocycles. The van der Waals surface area contributed by atoms with Crippen molar-refractivity contribution in [2.24, 2.45) is 0 Å². The molecule has 2 N–H and O–H groups in total. The Labute approximate surface area is 127 Å². The quantitative estimate of drug-likeness (QED) is 0.756. The minimum atomic E-state index is -0.948. The molecule has 0 bridgehead atoms.